The van der Waals surface area contributed by atoms with Crippen LogP contribution in [-0.4, -0.2) is 62.2 Å². The quantitative estimate of drug-likeness (QED) is 0.215. The van der Waals surface area contributed by atoms with E-state index in [0.29, 0.717) is 0 Å². The number of H-pyrrole nitrogens is 1. The molecule has 0 spiro atoms. The van der Waals surface area contributed by atoms with Gasteiger partial charge in [0.1, 0.15) is 24.0 Å². The molecule has 0 bridgehead atoms. The molecule has 4 rings (SSSR count). The summed E-state index contributed by atoms with van der Waals surface area (Å²) in [5.74, 6) is -0.609. The molecule has 1 aliphatic heterocycles. The van der Waals surface area contributed by atoms with Gasteiger partial charge in [-0.1, -0.05) is 0 Å². The number of aromatic nitrogens is 3. The van der Waals surface area contributed by atoms with Gasteiger partial charge in [0, 0.05) is 23.2 Å². The second-order valence-electron chi connectivity index (χ2n) is 9.76. The van der Waals surface area contributed by atoms with Crippen molar-refractivity contribution < 1.29 is 37.4 Å². The van der Waals surface area contributed by atoms with Gasteiger partial charge in [-0.05, 0) is 52.0 Å². The van der Waals surface area contributed by atoms with Crippen molar-refractivity contribution in [3.63, 3.8) is 0 Å². The standard InChI is InChI=1S/C25H30FN4O9PS/c1-14(2)37-22(33)15(3)29-40(35,39-17-7-5-16(6-8-17)18-12-41-13-27-18)36-11-19-21(32)25(4,26)23(38-19)30-10-9-20(31)28-24(30)34/h5-10,12-15,19,21,23,32H,11H2,1-4H3,(H,29,35)(H,28,31,34). The molecule has 1 fully saturated rings. The Balaban J connectivity index is 1.54. The summed E-state index contributed by atoms with van der Waals surface area (Å²) in [5, 5.41) is 15.0. The molecule has 0 amide bonds. The lowest BCUT2D eigenvalue weighted by molar-refractivity contribution is -0.149. The SMILES string of the molecule is CC(C)OC(=O)C(C)NP(=O)(OCC1OC(n2ccc(=O)[nH]c2=O)C(C)(F)C1O)Oc1ccc(-c2cscn2)cc1. The Hall–Kier alpha value is -3.20. The van der Waals surface area contributed by atoms with Gasteiger partial charge in [-0.2, -0.15) is 5.09 Å². The zero-order chi connectivity index (χ0) is 29.9. The highest BCUT2D eigenvalue weighted by Crippen LogP contribution is 2.47. The molecule has 16 heteroatoms. The van der Waals surface area contributed by atoms with Crippen LogP contribution in [0.15, 0.2) is 57.0 Å². The molecule has 3 heterocycles. The number of aromatic amines is 1. The van der Waals surface area contributed by atoms with Gasteiger partial charge < -0.3 is 19.1 Å². The number of thiazole rings is 1. The third-order valence-electron chi connectivity index (χ3n) is 6.09. The number of carbonyl (C=O) groups excluding carboxylic acids is 1. The van der Waals surface area contributed by atoms with Crippen LogP contribution in [0.3, 0.4) is 0 Å². The lowest BCUT2D eigenvalue weighted by Crippen LogP contribution is -2.43. The van der Waals surface area contributed by atoms with Crippen LogP contribution in [0.2, 0.25) is 0 Å². The van der Waals surface area contributed by atoms with E-state index in [1.54, 1.807) is 31.5 Å². The Morgan fingerprint density at radius 3 is 2.61 bits per heavy atom. The molecule has 1 aliphatic rings. The van der Waals surface area contributed by atoms with Crippen LogP contribution in [-0.2, 0) is 23.4 Å². The molecule has 41 heavy (non-hydrogen) atoms. The van der Waals surface area contributed by atoms with Crippen molar-refractivity contribution in [2.24, 2.45) is 0 Å². The highest BCUT2D eigenvalue weighted by molar-refractivity contribution is 7.52. The molecule has 1 aromatic carbocycles. The Labute approximate surface area is 237 Å². The van der Waals surface area contributed by atoms with Gasteiger partial charge in [0.15, 0.2) is 11.9 Å². The van der Waals surface area contributed by atoms with Crippen molar-refractivity contribution in [1.82, 2.24) is 19.6 Å². The monoisotopic (exact) mass is 612 g/mol. The van der Waals surface area contributed by atoms with E-state index >= 15 is 4.39 Å². The van der Waals surface area contributed by atoms with Gasteiger partial charge in [-0.3, -0.25) is 23.7 Å². The van der Waals surface area contributed by atoms with Crippen molar-refractivity contribution >= 4 is 25.1 Å². The Kier molecular flexibility index (Phi) is 9.26. The van der Waals surface area contributed by atoms with E-state index in [-0.39, 0.29) is 5.75 Å². The summed E-state index contributed by atoms with van der Waals surface area (Å²) in [4.78, 5) is 42.3. The fourth-order valence-corrected chi connectivity index (χ4v) is 6.09. The minimum Gasteiger partial charge on any atom is -0.462 e. The second kappa shape index (κ2) is 12.3. The first-order valence-corrected chi connectivity index (χ1v) is 15.0. The molecule has 0 saturated carbocycles. The maximum Gasteiger partial charge on any atom is 0.459 e. The van der Waals surface area contributed by atoms with E-state index in [1.807, 2.05) is 10.4 Å². The molecule has 6 atom stereocenters. The smallest absolute Gasteiger partial charge is 0.459 e. The number of carbonyl (C=O) groups is 1. The summed E-state index contributed by atoms with van der Waals surface area (Å²) in [6.07, 6.45) is -4.30. The van der Waals surface area contributed by atoms with E-state index < -0.39 is 67.8 Å². The molecule has 3 N–H and O–H groups in total. The van der Waals surface area contributed by atoms with Crippen LogP contribution in [0, 0.1) is 0 Å². The van der Waals surface area contributed by atoms with Gasteiger partial charge >= 0.3 is 19.4 Å². The van der Waals surface area contributed by atoms with Crippen LogP contribution in [0.4, 0.5) is 4.39 Å². The first kappa shape index (κ1) is 30.8. The van der Waals surface area contributed by atoms with Gasteiger partial charge in [-0.15, -0.1) is 11.3 Å². The molecule has 1 saturated heterocycles. The van der Waals surface area contributed by atoms with Crippen molar-refractivity contribution in [1.29, 1.82) is 0 Å². The van der Waals surface area contributed by atoms with Gasteiger partial charge in [-0.25, -0.2) is 18.7 Å². The first-order valence-electron chi connectivity index (χ1n) is 12.5. The van der Waals surface area contributed by atoms with Crippen molar-refractivity contribution in [3.05, 3.63) is 68.3 Å². The molecule has 2 aromatic heterocycles. The average molecular weight is 613 g/mol. The summed E-state index contributed by atoms with van der Waals surface area (Å²) in [6.45, 7) is 5.05. The summed E-state index contributed by atoms with van der Waals surface area (Å²) in [5.41, 5.74) is -0.947. The van der Waals surface area contributed by atoms with E-state index in [1.165, 1.54) is 30.4 Å². The Morgan fingerprint density at radius 2 is 2.00 bits per heavy atom. The van der Waals surface area contributed by atoms with Crippen molar-refractivity contribution in [2.45, 2.75) is 63.9 Å². The molecule has 0 radical (unpaired) electrons. The Bertz CT molecular complexity index is 1510. The predicted molar refractivity (Wildman–Crippen MR) is 146 cm³/mol. The van der Waals surface area contributed by atoms with Crippen LogP contribution in [0.1, 0.15) is 33.9 Å². The molecule has 222 valence electrons. The molecule has 3 aromatic rings. The topological polar surface area (TPSA) is 171 Å². The van der Waals surface area contributed by atoms with Gasteiger partial charge in [0.25, 0.3) is 5.56 Å². The zero-order valence-corrected chi connectivity index (χ0v) is 24.3. The van der Waals surface area contributed by atoms with E-state index in [2.05, 4.69) is 10.1 Å². The van der Waals surface area contributed by atoms with Crippen LogP contribution in [0.5, 0.6) is 5.75 Å². The minimum atomic E-state index is -4.39. The number of ether oxygens (including phenoxy) is 2. The number of aliphatic hydroxyl groups excluding tert-OH is 1. The third-order valence-corrected chi connectivity index (χ3v) is 8.32. The van der Waals surface area contributed by atoms with Crippen molar-refractivity contribution in [2.75, 3.05) is 6.61 Å². The normalized spacial score (nSPS) is 24.6. The predicted octanol–water partition coefficient (Wildman–Crippen LogP) is 2.78. The number of esters is 1. The number of alkyl halides is 1. The minimum absolute atomic E-state index is 0.116. The third kappa shape index (κ3) is 7.18. The first-order chi connectivity index (χ1) is 19.3. The number of hydrogen-bond donors (Lipinski definition) is 3. The highest BCUT2D eigenvalue weighted by atomic mass is 32.1. The van der Waals surface area contributed by atoms with Gasteiger partial charge in [0.05, 0.1) is 23.9 Å². The van der Waals surface area contributed by atoms with Gasteiger partial charge in [0.2, 0.25) is 0 Å². The van der Waals surface area contributed by atoms with E-state index in [0.717, 1.165) is 35.0 Å². The van der Waals surface area contributed by atoms with Crippen LogP contribution < -0.4 is 20.9 Å². The van der Waals surface area contributed by atoms with Crippen molar-refractivity contribution in [3.8, 4) is 17.0 Å². The van der Waals surface area contributed by atoms with E-state index in [4.69, 9.17) is 18.5 Å². The van der Waals surface area contributed by atoms with Crippen LogP contribution >= 0.6 is 19.1 Å². The van der Waals surface area contributed by atoms with Crippen LogP contribution in [0.25, 0.3) is 11.3 Å². The summed E-state index contributed by atoms with van der Waals surface area (Å²) >= 11 is 1.43. The summed E-state index contributed by atoms with van der Waals surface area (Å²) in [6, 6.07) is 6.29. The maximum atomic E-state index is 15.6. The Morgan fingerprint density at radius 1 is 1.29 bits per heavy atom. The second-order valence-corrected chi connectivity index (χ2v) is 12.2. The molecular formula is C25H30FN4O9PS. The fourth-order valence-electron chi connectivity index (χ4n) is 4.03. The average Bonchev–Trinajstić information content (AvgIpc) is 3.51. The number of nitrogens with one attached hydrogen (secondary N) is 2. The number of rotatable bonds is 11. The number of nitrogens with zero attached hydrogens (tertiary/aromatic N) is 2. The number of benzene rings is 1. The fraction of sp³-hybridized carbons (Fsp3) is 0.440. The zero-order valence-electron chi connectivity index (χ0n) is 22.6. The highest BCUT2D eigenvalue weighted by Gasteiger charge is 2.56. The number of halogens is 1. The largest absolute Gasteiger partial charge is 0.462 e. The summed E-state index contributed by atoms with van der Waals surface area (Å²) < 4.78 is 52.2. The molecule has 0 aliphatic carbocycles. The lowest BCUT2D eigenvalue weighted by Gasteiger charge is -2.25. The lowest BCUT2D eigenvalue weighted by atomic mass is 9.98. The summed E-state index contributed by atoms with van der Waals surface area (Å²) in [7, 11) is -4.39. The number of aliphatic hydroxyl groups is 1. The molecule has 6 unspecified atom stereocenters. The number of hydrogen-bond acceptors (Lipinski definition) is 11. The molecular weight excluding hydrogens is 582 g/mol. The maximum absolute atomic E-state index is 15.6. The molecule has 13 nitrogen and oxygen atoms in total. The van der Waals surface area contributed by atoms with E-state index in [9.17, 15) is 24.1 Å².